The molecule has 126 valence electrons. The molecular weight excluding hydrogens is 314 g/mol. The largest absolute Gasteiger partial charge is 0.382 e. The highest BCUT2D eigenvalue weighted by Gasteiger charge is 2.33. The fourth-order valence-electron chi connectivity index (χ4n) is 3.37. The first-order valence-corrected chi connectivity index (χ1v) is 9.97. The maximum absolute atomic E-state index is 12.6. The molecule has 2 aliphatic rings. The summed E-state index contributed by atoms with van der Waals surface area (Å²) in [4.78, 5) is 18.3. The van der Waals surface area contributed by atoms with E-state index in [2.05, 4.69) is 10.3 Å². The number of carbonyl (C=O) groups excluding carboxylic acids is 1. The lowest BCUT2D eigenvalue weighted by molar-refractivity contribution is 0.0742. The summed E-state index contributed by atoms with van der Waals surface area (Å²) in [5.41, 5.74) is 1.27. The molecule has 1 unspecified atom stereocenters. The first kappa shape index (κ1) is 16.2. The fourth-order valence-corrected chi connectivity index (χ4v) is 5.14. The third-order valence-corrected chi connectivity index (χ3v) is 6.53. The van der Waals surface area contributed by atoms with Crippen LogP contribution in [0, 0.1) is 0 Å². The first-order valence-electron chi connectivity index (χ1n) is 8.15. The summed E-state index contributed by atoms with van der Waals surface area (Å²) in [5, 5.41) is 3.45. The van der Waals surface area contributed by atoms with Gasteiger partial charge in [-0.15, -0.1) is 0 Å². The number of anilines is 1. The van der Waals surface area contributed by atoms with E-state index in [1.807, 2.05) is 6.07 Å². The zero-order valence-corrected chi connectivity index (χ0v) is 14.2. The van der Waals surface area contributed by atoms with Crippen LogP contribution in [0.25, 0.3) is 0 Å². The predicted octanol–water partition coefficient (Wildman–Crippen LogP) is 1.70. The van der Waals surface area contributed by atoms with E-state index >= 15 is 0 Å². The van der Waals surface area contributed by atoms with Gasteiger partial charge in [0.1, 0.15) is 5.69 Å². The highest BCUT2D eigenvalue weighted by molar-refractivity contribution is 7.91. The van der Waals surface area contributed by atoms with E-state index in [0.29, 0.717) is 18.2 Å². The Morgan fingerprint density at radius 3 is 2.70 bits per heavy atom. The minimum atomic E-state index is -3.01. The monoisotopic (exact) mass is 337 g/mol. The SMILES string of the molecule is CN(C(=O)c1cc(NC2CCCC2)ccn1)C1CCS(=O)(=O)C1. The van der Waals surface area contributed by atoms with E-state index in [1.165, 1.54) is 17.7 Å². The highest BCUT2D eigenvalue weighted by Crippen LogP contribution is 2.23. The Morgan fingerprint density at radius 2 is 2.04 bits per heavy atom. The molecule has 1 aliphatic heterocycles. The molecule has 6 nitrogen and oxygen atoms in total. The topological polar surface area (TPSA) is 79.4 Å². The number of nitrogens with one attached hydrogen (secondary N) is 1. The molecule has 2 heterocycles. The Balaban J connectivity index is 1.69. The van der Waals surface area contributed by atoms with Gasteiger partial charge in [-0.25, -0.2) is 8.42 Å². The molecule has 1 N–H and O–H groups in total. The van der Waals surface area contributed by atoms with Gasteiger partial charge >= 0.3 is 0 Å². The fraction of sp³-hybridized carbons (Fsp3) is 0.625. The van der Waals surface area contributed by atoms with Gasteiger partial charge in [-0.1, -0.05) is 12.8 Å². The van der Waals surface area contributed by atoms with Crippen molar-refractivity contribution >= 4 is 21.4 Å². The van der Waals surface area contributed by atoms with Crippen LogP contribution >= 0.6 is 0 Å². The van der Waals surface area contributed by atoms with Crippen LogP contribution in [-0.2, 0) is 9.84 Å². The van der Waals surface area contributed by atoms with Crippen molar-refractivity contribution in [3.05, 3.63) is 24.0 Å². The lowest BCUT2D eigenvalue weighted by Gasteiger charge is -2.23. The molecule has 0 spiro atoms. The van der Waals surface area contributed by atoms with Crippen LogP contribution < -0.4 is 5.32 Å². The summed E-state index contributed by atoms with van der Waals surface area (Å²) in [5.74, 6) is -0.0106. The third kappa shape index (κ3) is 3.83. The van der Waals surface area contributed by atoms with Gasteiger partial charge in [0.05, 0.1) is 11.5 Å². The van der Waals surface area contributed by atoms with Crippen molar-refractivity contribution < 1.29 is 13.2 Å². The highest BCUT2D eigenvalue weighted by atomic mass is 32.2. The molecule has 2 fully saturated rings. The molecule has 1 aromatic rings. The van der Waals surface area contributed by atoms with Crippen LogP contribution in [0.4, 0.5) is 5.69 Å². The third-order valence-electron chi connectivity index (χ3n) is 4.78. The number of nitrogens with zero attached hydrogens (tertiary/aromatic N) is 2. The van der Waals surface area contributed by atoms with Gasteiger partial charge in [0.25, 0.3) is 5.91 Å². The summed E-state index contributed by atoms with van der Waals surface area (Å²) in [6, 6.07) is 3.86. The van der Waals surface area contributed by atoms with Crippen LogP contribution in [0.1, 0.15) is 42.6 Å². The Labute approximate surface area is 137 Å². The van der Waals surface area contributed by atoms with Crippen LogP contribution in [0.2, 0.25) is 0 Å². The molecule has 1 amide bonds. The summed E-state index contributed by atoms with van der Waals surface area (Å²) >= 11 is 0. The van der Waals surface area contributed by atoms with Crippen LogP contribution in [0.15, 0.2) is 18.3 Å². The zero-order chi connectivity index (χ0) is 16.4. The number of pyridine rings is 1. The molecule has 23 heavy (non-hydrogen) atoms. The van der Waals surface area contributed by atoms with Crippen molar-refractivity contribution in [3.8, 4) is 0 Å². The van der Waals surface area contributed by atoms with Gasteiger partial charge in [0, 0.05) is 31.0 Å². The molecule has 1 aliphatic carbocycles. The van der Waals surface area contributed by atoms with Gasteiger partial charge in [-0.2, -0.15) is 0 Å². The van der Waals surface area contributed by atoms with E-state index in [1.54, 1.807) is 19.3 Å². The molecule has 1 aromatic heterocycles. The molecule has 7 heteroatoms. The van der Waals surface area contributed by atoms with Crippen molar-refractivity contribution in [2.45, 2.75) is 44.2 Å². The van der Waals surface area contributed by atoms with E-state index < -0.39 is 9.84 Å². The van der Waals surface area contributed by atoms with Crippen LogP contribution in [0.3, 0.4) is 0 Å². The molecule has 1 atom stereocenters. The lowest BCUT2D eigenvalue weighted by atomic mass is 10.2. The van der Waals surface area contributed by atoms with E-state index in [4.69, 9.17) is 0 Å². The number of sulfone groups is 1. The van der Waals surface area contributed by atoms with Crippen molar-refractivity contribution in [1.29, 1.82) is 0 Å². The van der Waals surface area contributed by atoms with Crippen LogP contribution in [-0.4, -0.2) is 54.8 Å². The second-order valence-electron chi connectivity index (χ2n) is 6.53. The van der Waals surface area contributed by atoms with E-state index in [0.717, 1.165) is 18.5 Å². The molecule has 1 saturated carbocycles. The second kappa shape index (κ2) is 6.47. The number of hydrogen-bond donors (Lipinski definition) is 1. The number of carbonyl (C=O) groups is 1. The Hall–Kier alpha value is -1.63. The Bertz CT molecular complexity index is 684. The van der Waals surface area contributed by atoms with Crippen molar-refractivity contribution in [2.24, 2.45) is 0 Å². The molecule has 0 radical (unpaired) electrons. The smallest absolute Gasteiger partial charge is 0.272 e. The van der Waals surface area contributed by atoms with Gasteiger partial charge in [0.15, 0.2) is 9.84 Å². The van der Waals surface area contributed by atoms with E-state index in [9.17, 15) is 13.2 Å². The quantitative estimate of drug-likeness (QED) is 0.904. The van der Waals surface area contributed by atoms with E-state index in [-0.39, 0.29) is 23.5 Å². The first-order chi connectivity index (χ1) is 10.9. The molecule has 0 bridgehead atoms. The van der Waals surface area contributed by atoms with Crippen molar-refractivity contribution in [1.82, 2.24) is 9.88 Å². The van der Waals surface area contributed by atoms with Gasteiger partial charge < -0.3 is 10.2 Å². The number of amides is 1. The molecule has 0 aromatic carbocycles. The zero-order valence-electron chi connectivity index (χ0n) is 13.4. The number of aromatic nitrogens is 1. The Morgan fingerprint density at radius 1 is 1.30 bits per heavy atom. The van der Waals surface area contributed by atoms with Crippen molar-refractivity contribution in [3.63, 3.8) is 0 Å². The average molecular weight is 337 g/mol. The summed E-state index contributed by atoms with van der Waals surface area (Å²) in [6.07, 6.45) is 6.94. The maximum atomic E-state index is 12.6. The molecular formula is C16H23N3O3S. The van der Waals surface area contributed by atoms with Gasteiger partial charge in [-0.05, 0) is 31.4 Å². The van der Waals surface area contributed by atoms with Gasteiger partial charge in [-0.3, -0.25) is 9.78 Å². The Kier molecular flexibility index (Phi) is 4.57. The summed E-state index contributed by atoms with van der Waals surface area (Å²) in [7, 11) is -1.35. The lowest BCUT2D eigenvalue weighted by Crippen LogP contribution is -2.38. The number of hydrogen-bond acceptors (Lipinski definition) is 5. The standard InChI is InChI=1S/C16H23N3O3S/c1-19(14-7-9-23(21,22)11-14)16(20)15-10-13(6-8-17-15)18-12-4-2-3-5-12/h6,8,10,12,14H,2-5,7,9,11H2,1H3,(H,17,18). The summed E-state index contributed by atoms with van der Waals surface area (Å²) in [6.45, 7) is 0. The second-order valence-corrected chi connectivity index (χ2v) is 8.76. The molecule has 1 saturated heterocycles. The van der Waals surface area contributed by atoms with Crippen LogP contribution in [0.5, 0.6) is 0 Å². The van der Waals surface area contributed by atoms with Gasteiger partial charge in [0.2, 0.25) is 0 Å². The number of rotatable bonds is 4. The normalized spacial score (nSPS) is 23.8. The maximum Gasteiger partial charge on any atom is 0.272 e. The van der Waals surface area contributed by atoms with Crippen molar-refractivity contribution in [2.75, 3.05) is 23.9 Å². The average Bonchev–Trinajstić information content (AvgIpc) is 3.15. The molecule has 3 rings (SSSR count). The predicted molar refractivity (Wildman–Crippen MR) is 89.3 cm³/mol. The minimum absolute atomic E-state index is 0.0508. The minimum Gasteiger partial charge on any atom is -0.382 e. The summed E-state index contributed by atoms with van der Waals surface area (Å²) < 4.78 is 23.2.